The second-order valence-corrected chi connectivity index (χ2v) is 9.30. The van der Waals surface area contributed by atoms with Crippen molar-refractivity contribution in [1.82, 2.24) is 0 Å². The molecule has 0 spiro atoms. The van der Waals surface area contributed by atoms with E-state index < -0.39 is 0 Å². The molecule has 0 unspecified atom stereocenters. The Kier molecular flexibility index (Phi) is 31.9. The first-order valence-electron chi connectivity index (χ1n) is 14.0. The van der Waals surface area contributed by atoms with Crippen LogP contribution in [-0.4, -0.2) is 25.2 Å². The minimum absolute atomic E-state index is 0. The van der Waals surface area contributed by atoms with Gasteiger partial charge in [0.25, 0.3) is 0 Å². The number of unbranched alkanes of at least 4 members (excludes halogenated alkanes) is 18. The monoisotopic (exact) mass is 478 g/mol. The van der Waals surface area contributed by atoms with Crippen molar-refractivity contribution >= 4 is 11.9 Å². The Morgan fingerprint density at radius 2 is 0.697 bits per heavy atom. The van der Waals surface area contributed by atoms with Crippen LogP contribution in [0, 0.1) is 0 Å². The summed E-state index contributed by atoms with van der Waals surface area (Å²) in [5.74, 6) is -0.561. The van der Waals surface area contributed by atoms with Gasteiger partial charge in [0.05, 0.1) is 26.1 Å². The Hall–Kier alpha value is -0.0600. The maximum Gasteiger partial charge on any atom is 1.00 e. The van der Waals surface area contributed by atoms with Crippen molar-refractivity contribution in [2.75, 3.05) is 13.2 Å². The molecule has 0 amide bonds. The van der Waals surface area contributed by atoms with E-state index in [1.165, 1.54) is 103 Å². The van der Waals surface area contributed by atoms with Crippen molar-refractivity contribution in [3.05, 3.63) is 0 Å². The van der Waals surface area contributed by atoms with Crippen LogP contribution in [0.5, 0.6) is 0 Å². The summed E-state index contributed by atoms with van der Waals surface area (Å²) >= 11 is 0. The molecule has 0 saturated carbocycles. The van der Waals surface area contributed by atoms with E-state index in [1.807, 2.05) is 0 Å². The first kappa shape index (κ1) is 35.1. The van der Waals surface area contributed by atoms with E-state index in [9.17, 15) is 9.59 Å². The Morgan fingerprint density at radius 3 is 0.970 bits per heavy atom. The third-order valence-corrected chi connectivity index (χ3v) is 6.06. The van der Waals surface area contributed by atoms with Crippen LogP contribution in [0.15, 0.2) is 0 Å². The SMILES string of the molecule is CCCCCCCCCCCCOC(=O)CCC(=O)OCCCCCCCCCCCC.[H-].[Na+]. The van der Waals surface area contributed by atoms with Gasteiger partial charge in [0.15, 0.2) is 0 Å². The van der Waals surface area contributed by atoms with Crippen molar-refractivity contribution in [2.45, 2.75) is 155 Å². The summed E-state index contributed by atoms with van der Waals surface area (Å²) in [6.45, 7) is 5.45. The van der Waals surface area contributed by atoms with Gasteiger partial charge in [-0.05, 0) is 12.8 Å². The molecule has 0 bridgehead atoms. The summed E-state index contributed by atoms with van der Waals surface area (Å²) in [6, 6.07) is 0. The Bertz CT molecular complexity index is 383. The number of carbonyl (C=O) groups is 2. The van der Waals surface area contributed by atoms with Crippen molar-refractivity contribution < 1.29 is 50.0 Å². The van der Waals surface area contributed by atoms with Crippen LogP contribution < -0.4 is 29.6 Å². The predicted molar refractivity (Wildman–Crippen MR) is 136 cm³/mol. The smallest absolute Gasteiger partial charge is 1.00 e. The molecule has 0 aromatic rings. The van der Waals surface area contributed by atoms with Gasteiger partial charge in [-0.1, -0.05) is 129 Å². The molecular formula is C28H55NaO4. The molecule has 0 rings (SSSR count). The third kappa shape index (κ3) is 29.9. The van der Waals surface area contributed by atoms with Gasteiger partial charge >= 0.3 is 41.5 Å². The standard InChI is InChI=1S/C28H54O4.Na.H/c1-3-5-7-9-11-13-15-17-19-21-25-31-27(29)23-24-28(30)32-26-22-20-18-16-14-12-10-8-6-4-2;;/h3-26H2,1-2H3;;/q;+1;-1. The second-order valence-electron chi connectivity index (χ2n) is 9.30. The molecule has 0 aliphatic heterocycles. The summed E-state index contributed by atoms with van der Waals surface area (Å²) in [6.07, 6.45) is 25.5. The fourth-order valence-corrected chi connectivity index (χ4v) is 3.90. The molecule has 0 fully saturated rings. The molecule has 5 heteroatoms. The van der Waals surface area contributed by atoms with Gasteiger partial charge in [-0.15, -0.1) is 0 Å². The molecule has 0 aliphatic rings. The molecule has 0 atom stereocenters. The van der Waals surface area contributed by atoms with Gasteiger partial charge in [0.1, 0.15) is 0 Å². The summed E-state index contributed by atoms with van der Waals surface area (Å²) in [7, 11) is 0. The zero-order valence-electron chi connectivity index (χ0n) is 23.6. The third-order valence-electron chi connectivity index (χ3n) is 6.06. The minimum atomic E-state index is -0.281. The van der Waals surface area contributed by atoms with Crippen molar-refractivity contribution in [1.29, 1.82) is 0 Å². The first-order chi connectivity index (χ1) is 15.7. The minimum Gasteiger partial charge on any atom is -1.00 e. The van der Waals surface area contributed by atoms with E-state index in [0.29, 0.717) is 13.2 Å². The zero-order valence-corrected chi connectivity index (χ0v) is 24.6. The number of ether oxygens (including phenoxy) is 2. The topological polar surface area (TPSA) is 52.6 Å². The quantitative estimate of drug-likeness (QED) is 0.0944. The summed E-state index contributed by atoms with van der Waals surface area (Å²) in [4.78, 5) is 23.5. The van der Waals surface area contributed by atoms with E-state index in [1.54, 1.807) is 0 Å². The van der Waals surface area contributed by atoms with Gasteiger partial charge in [-0.3, -0.25) is 9.59 Å². The molecule has 0 heterocycles. The number of carbonyl (C=O) groups excluding carboxylic acids is 2. The van der Waals surface area contributed by atoms with Crippen LogP contribution in [0.3, 0.4) is 0 Å². The number of hydrogen-bond donors (Lipinski definition) is 0. The van der Waals surface area contributed by atoms with Crippen molar-refractivity contribution in [3.63, 3.8) is 0 Å². The van der Waals surface area contributed by atoms with Gasteiger partial charge in [0.2, 0.25) is 0 Å². The molecule has 4 nitrogen and oxygen atoms in total. The van der Waals surface area contributed by atoms with E-state index in [0.717, 1.165) is 25.7 Å². The Labute approximate surface area is 229 Å². The van der Waals surface area contributed by atoms with Gasteiger partial charge < -0.3 is 10.9 Å². The maximum absolute atomic E-state index is 11.7. The molecule has 192 valence electrons. The second kappa shape index (κ2) is 30.0. The molecule has 0 aliphatic carbocycles. The summed E-state index contributed by atoms with van der Waals surface area (Å²) in [5.41, 5.74) is 0. The van der Waals surface area contributed by atoms with Crippen LogP contribution in [0.2, 0.25) is 0 Å². The summed E-state index contributed by atoms with van der Waals surface area (Å²) in [5, 5.41) is 0. The van der Waals surface area contributed by atoms with Crippen LogP contribution >= 0.6 is 0 Å². The predicted octanol–water partition coefficient (Wildman–Crippen LogP) is 5.81. The molecule has 33 heavy (non-hydrogen) atoms. The van der Waals surface area contributed by atoms with E-state index in [4.69, 9.17) is 9.47 Å². The number of hydrogen-bond acceptors (Lipinski definition) is 4. The fourth-order valence-electron chi connectivity index (χ4n) is 3.90. The molecule has 0 aromatic carbocycles. The normalized spacial score (nSPS) is 10.6. The molecule has 0 radical (unpaired) electrons. The maximum atomic E-state index is 11.7. The molecule has 0 aromatic heterocycles. The van der Waals surface area contributed by atoms with E-state index in [2.05, 4.69) is 13.8 Å². The molecular weight excluding hydrogens is 423 g/mol. The molecule has 0 N–H and O–H groups in total. The Balaban J connectivity index is -0.00000480. The summed E-state index contributed by atoms with van der Waals surface area (Å²) < 4.78 is 10.5. The van der Waals surface area contributed by atoms with Crippen LogP contribution in [0.4, 0.5) is 0 Å². The van der Waals surface area contributed by atoms with Gasteiger partial charge in [0, 0.05) is 0 Å². The molecule has 0 saturated heterocycles. The first-order valence-corrected chi connectivity index (χ1v) is 14.0. The number of esters is 2. The van der Waals surface area contributed by atoms with Crippen LogP contribution in [0.25, 0.3) is 0 Å². The van der Waals surface area contributed by atoms with Crippen LogP contribution in [-0.2, 0) is 19.1 Å². The van der Waals surface area contributed by atoms with Gasteiger partial charge in [-0.25, -0.2) is 0 Å². The van der Waals surface area contributed by atoms with Crippen LogP contribution in [0.1, 0.15) is 157 Å². The van der Waals surface area contributed by atoms with Crippen molar-refractivity contribution in [2.24, 2.45) is 0 Å². The largest absolute Gasteiger partial charge is 1.00 e. The van der Waals surface area contributed by atoms with Gasteiger partial charge in [-0.2, -0.15) is 0 Å². The van der Waals surface area contributed by atoms with E-state index >= 15 is 0 Å². The van der Waals surface area contributed by atoms with E-state index in [-0.39, 0.29) is 55.8 Å². The number of rotatable bonds is 25. The fraction of sp³-hybridized carbons (Fsp3) is 0.929. The zero-order chi connectivity index (χ0) is 23.5. The van der Waals surface area contributed by atoms with Crippen molar-refractivity contribution in [3.8, 4) is 0 Å². The average Bonchev–Trinajstić information content (AvgIpc) is 2.79. The Morgan fingerprint density at radius 1 is 0.455 bits per heavy atom. The average molecular weight is 479 g/mol.